The summed E-state index contributed by atoms with van der Waals surface area (Å²) in [7, 11) is 0. The van der Waals surface area contributed by atoms with Crippen LogP contribution in [0.1, 0.15) is 26.7 Å². The number of carbonyl (C=O) groups is 6. The standard InChI is InChI=1S/2C5H6O4.Mo.2O/c2*1-3(6)2-4(7)5(8)9;;;/h2*2H2,1H3,(H,8,9);;;/q;;;2*-2/p-2. The Labute approximate surface area is 133 Å². The summed E-state index contributed by atoms with van der Waals surface area (Å²) in [5.74, 6) is -6.87. The molecule has 0 bridgehead atoms. The molecule has 0 aromatic carbocycles. The Morgan fingerprint density at radius 2 is 0.857 bits per heavy atom. The summed E-state index contributed by atoms with van der Waals surface area (Å²) in [5.41, 5.74) is 0. The van der Waals surface area contributed by atoms with Crippen molar-refractivity contribution in [2.75, 3.05) is 0 Å². The predicted molar refractivity (Wildman–Crippen MR) is 52.0 cm³/mol. The van der Waals surface area contributed by atoms with E-state index in [1.165, 1.54) is 0 Å². The minimum atomic E-state index is -1.80. The van der Waals surface area contributed by atoms with Gasteiger partial charge in [0.25, 0.3) is 0 Å². The van der Waals surface area contributed by atoms with E-state index in [4.69, 9.17) is 0 Å². The van der Waals surface area contributed by atoms with Gasteiger partial charge in [0.2, 0.25) is 0 Å². The van der Waals surface area contributed by atoms with Crippen molar-refractivity contribution in [1.82, 2.24) is 0 Å². The molecular weight excluding hydrogens is 376 g/mol. The van der Waals surface area contributed by atoms with Crippen molar-refractivity contribution >= 4 is 35.1 Å². The first kappa shape index (κ1) is 31.6. The van der Waals surface area contributed by atoms with Crippen LogP contribution in [-0.4, -0.2) is 35.1 Å². The third-order valence-electron chi connectivity index (χ3n) is 1.27. The number of aliphatic carboxylic acids is 2. The topological polar surface area (TPSA) is 206 Å². The van der Waals surface area contributed by atoms with Crippen molar-refractivity contribution in [1.29, 1.82) is 0 Å². The van der Waals surface area contributed by atoms with Gasteiger partial charge in [0.15, 0.2) is 11.6 Å². The van der Waals surface area contributed by atoms with Gasteiger partial charge in [-0.1, -0.05) is 0 Å². The number of hydrogen-bond donors (Lipinski definition) is 0. The molecule has 0 rings (SSSR count). The van der Waals surface area contributed by atoms with E-state index in [9.17, 15) is 39.0 Å². The Morgan fingerprint density at radius 3 is 0.905 bits per heavy atom. The zero-order valence-electron chi connectivity index (χ0n) is 10.9. The van der Waals surface area contributed by atoms with Gasteiger partial charge in [0, 0.05) is 21.1 Å². The largest absolute Gasteiger partial charge is 2.00 e. The molecule has 0 amide bonds. The fourth-order valence-corrected chi connectivity index (χ4v) is 0.597. The Hall–Kier alpha value is -1.77. The quantitative estimate of drug-likeness (QED) is 0.252. The van der Waals surface area contributed by atoms with Crippen LogP contribution in [0.4, 0.5) is 0 Å². The summed E-state index contributed by atoms with van der Waals surface area (Å²) in [6.07, 6.45) is -1.13. The molecule has 21 heavy (non-hydrogen) atoms. The smallest absolute Gasteiger partial charge is 0.185 e. The number of Topliss-reactive ketones (excluding diaryl/α,β-unsaturated/α-hetero) is 4. The molecule has 122 valence electrons. The van der Waals surface area contributed by atoms with Gasteiger partial charge in [-0.3, -0.25) is 19.2 Å². The molecule has 0 saturated carbocycles. The van der Waals surface area contributed by atoms with Crippen molar-refractivity contribution in [2.24, 2.45) is 0 Å². The predicted octanol–water partition coefficient (Wildman–Crippen LogP) is -3.67. The van der Waals surface area contributed by atoms with Gasteiger partial charge in [-0.2, -0.15) is 0 Å². The van der Waals surface area contributed by atoms with Crippen molar-refractivity contribution in [3.05, 3.63) is 0 Å². The van der Waals surface area contributed by atoms with E-state index in [2.05, 4.69) is 0 Å². The van der Waals surface area contributed by atoms with Crippen LogP contribution in [0.3, 0.4) is 0 Å². The number of ketones is 4. The minimum absolute atomic E-state index is 0. The SMILES string of the molecule is CC(=O)CC(=O)C(=O)[O-].CC(=O)CC(=O)C(=O)[O-].[Mo].[O-2].[O-2]. The molecular formula is C10H10MoO10-6. The van der Waals surface area contributed by atoms with Gasteiger partial charge in [-0.05, 0) is 13.8 Å². The van der Waals surface area contributed by atoms with E-state index in [-0.39, 0.29) is 32.0 Å². The minimum Gasteiger partial charge on any atom is -2.00 e. The van der Waals surface area contributed by atoms with Crippen LogP contribution in [0.5, 0.6) is 0 Å². The van der Waals surface area contributed by atoms with Crippen LogP contribution < -0.4 is 10.2 Å². The maximum atomic E-state index is 10.1. The van der Waals surface area contributed by atoms with E-state index in [0.29, 0.717) is 0 Å². The summed E-state index contributed by atoms with van der Waals surface area (Å²) in [4.78, 5) is 59.5. The van der Waals surface area contributed by atoms with Crippen LogP contribution in [-0.2, 0) is 60.8 Å². The number of rotatable bonds is 6. The van der Waals surface area contributed by atoms with E-state index in [0.717, 1.165) is 13.8 Å². The first-order valence-corrected chi connectivity index (χ1v) is 4.55. The van der Waals surface area contributed by atoms with Crippen molar-refractivity contribution < 1.29 is 71.0 Å². The van der Waals surface area contributed by atoms with Crippen molar-refractivity contribution in [2.45, 2.75) is 26.7 Å². The molecule has 10 nitrogen and oxygen atoms in total. The molecule has 0 spiro atoms. The molecule has 0 unspecified atom stereocenters. The fourth-order valence-electron chi connectivity index (χ4n) is 0.597. The second kappa shape index (κ2) is 16.3. The molecule has 0 fully saturated rings. The summed E-state index contributed by atoms with van der Waals surface area (Å²) in [6, 6.07) is 0. The molecule has 0 aliphatic heterocycles. The average Bonchev–Trinajstić information content (AvgIpc) is 2.16. The average molecular weight is 386 g/mol. The summed E-state index contributed by atoms with van der Waals surface area (Å²) >= 11 is 0. The third kappa shape index (κ3) is 23.7. The number of carbonyl (C=O) groups excluding carboxylic acids is 6. The second-order valence-corrected chi connectivity index (χ2v) is 3.18. The molecule has 0 aliphatic rings. The first-order chi connectivity index (χ1) is 8.07. The summed E-state index contributed by atoms with van der Waals surface area (Å²) in [6.45, 7) is 2.28. The summed E-state index contributed by atoms with van der Waals surface area (Å²) < 4.78 is 0. The first-order valence-electron chi connectivity index (χ1n) is 4.55. The van der Waals surface area contributed by atoms with Gasteiger partial charge in [0.05, 0.1) is 12.8 Å². The van der Waals surface area contributed by atoms with Gasteiger partial charge in [-0.25, -0.2) is 0 Å². The normalized spacial score (nSPS) is 7.33. The van der Waals surface area contributed by atoms with E-state index < -0.39 is 47.9 Å². The Kier molecular flexibility index (Phi) is 24.5. The Morgan fingerprint density at radius 1 is 0.667 bits per heavy atom. The Balaban J connectivity index is -0.0000000711. The van der Waals surface area contributed by atoms with Crippen molar-refractivity contribution in [3.63, 3.8) is 0 Å². The maximum absolute atomic E-state index is 10.1. The van der Waals surface area contributed by atoms with Crippen LogP contribution in [0.25, 0.3) is 0 Å². The number of carboxylic acid groups (broad SMARTS) is 2. The van der Waals surface area contributed by atoms with E-state index >= 15 is 0 Å². The van der Waals surface area contributed by atoms with Gasteiger partial charge in [-0.15, -0.1) is 0 Å². The molecule has 0 aliphatic carbocycles. The van der Waals surface area contributed by atoms with Crippen LogP contribution in [0, 0.1) is 0 Å². The molecule has 0 aromatic rings. The maximum Gasteiger partial charge on any atom is 0.185 e. The summed E-state index contributed by atoms with van der Waals surface area (Å²) in [5, 5.41) is 19.2. The number of hydrogen-bond acceptors (Lipinski definition) is 8. The van der Waals surface area contributed by atoms with Crippen molar-refractivity contribution in [3.8, 4) is 0 Å². The molecule has 0 N–H and O–H groups in total. The number of carboxylic acids is 2. The zero-order chi connectivity index (χ0) is 14.9. The van der Waals surface area contributed by atoms with Gasteiger partial charge >= 0.3 is 0 Å². The van der Waals surface area contributed by atoms with Crippen LogP contribution in [0.15, 0.2) is 0 Å². The molecule has 0 saturated heterocycles. The van der Waals surface area contributed by atoms with Gasteiger partial charge < -0.3 is 30.8 Å². The van der Waals surface area contributed by atoms with Crippen LogP contribution in [0.2, 0.25) is 0 Å². The molecule has 0 atom stereocenters. The second-order valence-electron chi connectivity index (χ2n) is 3.18. The van der Waals surface area contributed by atoms with Crippen LogP contribution >= 0.6 is 0 Å². The Bertz CT molecular complexity index is 363. The van der Waals surface area contributed by atoms with E-state index in [1.807, 2.05) is 0 Å². The van der Waals surface area contributed by atoms with Gasteiger partial charge in [0.1, 0.15) is 23.5 Å². The molecule has 0 radical (unpaired) electrons. The van der Waals surface area contributed by atoms with E-state index in [1.54, 1.807) is 0 Å². The monoisotopic (exact) mass is 388 g/mol. The molecule has 0 heterocycles. The molecule has 11 heteroatoms. The third-order valence-corrected chi connectivity index (χ3v) is 1.27. The zero-order valence-corrected chi connectivity index (χ0v) is 12.9. The molecule has 0 aromatic heterocycles. The fraction of sp³-hybridized carbons (Fsp3) is 0.400.